The molecule has 1 aromatic rings. The van der Waals surface area contributed by atoms with Gasteiger partial charge in [0.1, 0.15) is 13.2 Å². The molecule has 0 heterocycles. The van der Waals surface area contributed by atoms with Gasteiger partial charge in [-0.3, -0.25) is 9.36 Å². The Balaban J connectivity index is 2.39. The second kappa shape index (κ2) is 9.78. The van der Waals surface area contributed by atoms with Crippen LogP contribution in [-0.2, 0) is 20.7 Å². The topological polar surface area (TPSA) is 102 Å². The van der Waals surface area contributed by atoms with E-state index in [-0.39, 0.29) is 17.9 Å². The van der Waals surface area contributed by atoms with Crippen LogP contribution in [-0.4, -0.2) is 27.9 Å². The van der Waals surface area contributed by atoms with Gasteiger partial charge in [-0.15, -0.1) is 0 Å². The highest BCUT2D eigenvalue weighted by Gasteiger charge is 2.32. The number of hydrogen-bond donors (Lipinski definition) is 3. The summed E-state index contributed by atoms with van der Waals surface area (Å²) >= 11 is 4.90. The maximum atomic E-state index is 12.2. The van der Waals surface area contributed by atoms with Crippen LogP contribution >= 0.6 is 19.6 Å². The number of nitrogens with two attached hydrogens (primary N) is 1. The number of esters is 1. The second-order valence-electron chi connectivity index (χ2n) is 5.14. The van der Waals surface area contributed by atoms with Gasteiger partial charge < -0.3 is 20.7 Å². The fourth-order valence-electron chi connectivity index (χ4n) is 1.79. The first-order valence-corrected chi connectivity index (χ1v) is 9.57. The van der Waals surface area contributed by atoms with Gasteiger partial charge in [0, 0.05) is 0 Å². The Kier molecular flexibility index (Phi) is 8.41. The SMILES string of the molecule is CCCCC(N)P(=O)(O)C(=S)NCC(=O)OCc1ccccc1. The summed E-state index contributed by atoms with van der Waals surface area (Å²) < 4.78 is 17.0. The van der Waals surface area contributed by atoms with Gasteiger partial charge >= 0.3 is 5.97 Å². The normalized spacial score (nSPS) is 14.6. The Morgan fingerprint density at radius 2 is 2.09 bits per heavy atom. The summed E-state index contributed by atoms with van der Waals surface area (Å²) in [6.45, 7) is 1.84. The van der Waals surface area contributed by atoms with Gasteiger partial charge in [0.25, 0.3) is 7.37 Å². The third kappa shape index (κ3) is 6.79. The number of carbonyl (C=O) groups excluding carboxylic acids is 1. The van der Waals surface area contributed by atoms with E-state index in [1.54, 1.807) is 0 Å². The number of nitrogens with one attached hydrogen (secondary N) is 1. The van der Waals surface area contributed by atoms with Crippen LogP contribution in [0.5, 0.6) is 0 Å². The van der Waals surface area contributed by atoms with Gasteiger partial charge in [-0.1, -0.05) is 62.3 Å². The molecule has 0 fully saturated rings. The van der Waals surface area contributed by atoms with Crippen LogP contribution in [0.2, 0.25) is 0 Å². The Bertz CT molecular complexity index is 568. The minimum absolute atomic E-state index is 0.140. The van der Waals surface area contributed by atoms with Gasteiger partial charge in [0.15, 0.2) is 4.73 Å². The molecule has 4 N–H and O–H groups in total. The molecule has 0 aliphatic rings. The molecule has 0 radical (unpaired) electrons. The Morgan fingerprint density at radius 3 is 2.70 bits per heavy atom. The molecule has 0 aliphatic carbocycles. The van der Waals surface area contributed by atoms with Crippen molar-refractivity contribution in [3.05, 3.63) is 35.9 Å². The summed E-state index contributed by atoms with van der Waals surface area (Å²) in [4.78, 5) is 21.6. The summed E-state index contributed by atoms with van der Waals surface area (Å²) in [7, 11) is -3.85. The van der Waals surface area contributed by atoms with E-state index >= 15 is 0 Å². The third-order valence-electron chi connectivity index (χ3n) is 3.22. The van der Waals surface area contributed by atoms with Crippen molar-refractivity contribution in [3.8, 4) is 0 Å². The number of hydrogen-bond acceptors (Lipinski definition) is 5. The van der Waals surface area contributed by atoms with Crippen molar-refractivity contribution in [2.24, 2.45) is 5.73 Å². The van der Waals surface area contributed by atoms with Crippen molar-refractivity contribution in [1.29, 1.82) is 0 Å². The van der Waals surface area contributed by atoms with Crippen molar-refractivity contribution in [1.82, 2.24) is 5.32 Å². The van der Waals surface area contributed by atoms with Crippen LogP contribution in [0.4, 0.5) is 0 Å². The van der Waals surface area contributed by atoms with Crippen molar-refractivity contribution in [3.63, 3.8) is 0 Å². The van der Waals surface area contributed by atoms with E-state index in [1.165, 1.54) is 0 Å². The van der Waals surface area contributed by atoms with Gasteiger partial charge in [-0.2, -0.15) is 0 Å². The molecule has 8 heteroatoms. The number of rotatable bonds is 9. The molecule has 1 aromatic carbocycles. The summed E-state index contributed by atoms with van der Waals surface area (Å²) in [6.07, 6.45) is 2.03. The predicted molar refractivity (Wildman–Crippen MR) is 94.2 cm³/mol. The Labute approximate surface area is 141 Å². The molecule has 2 unspecified atom stereocenters. The van der Waals surface area contributed by atoms with Gasteiger partial charge in [0.2, 0.25) is 0 Å². The molecule has 0 aromatic heterocycles. The highest BCUT2D eigenvalue weighted by molar-refractivity contribution is 7.99. The molecule has 6 nitrogen and oxygen atoms in total. The lowest BCUT2D eigenvalue weighted by molar-refractivity contribution is -0.143. The first-order chi connectivity index (χ1) is 10.9. The van der Waals surface area contributed by atoms with Crippen molar-refractivity contribution in [2.75, 3.05) is 6.54 Å². The maximum absolute atomic E-state index is 12.2. The van der Waals surface area contributed by atoms with Crippen LogP contribution in [0.1, 0.15) is 31.7 Å². The second-order valence-corrected chi connectivity index (χ2v) is 8.20. The molecule has 0 saturated heterocycles. The highest BCUT2D eigenvalue weighted by Crippen LogP contribution is 2.46. The quantitative estimate of drug-likeness (QED) is 0.354. The third-order valence-corrected chi connectivity index (χ3v) is 6.05. The zero-order valence-electron chi connectivity index (χ0n) is 13.1. The molecule has 0 saturated carbocycles. The largest absolute Gasteiger partial charge is 0.460 e. The summed E-state index contributed by atoms with van der Waals surface area (Å²) in [6, 6.07) is 9.22. The van der Waals surface area contributed by atoms with Gasteiger partial charge in [-0.25, -0.2) is 0 Å². The zero-order chi connectivity index (χ0) is 17.3. The summed E-state index contributed by atoms with van der Waals surface area (Å²) in [5.74, 6) is -1.47. The van der Waals surface area contributed by atoms with Crippen LogP contribution in [0.15, 0.2) is 30.3 Å². The first-order valence-electron chi connectivity index (χ1n) is 7.44. The standard InChI is InChI=1S/C15H23N2O4PS/c1-2-3-9-13(16)22(19,20)15(23)17-10-14(18)21-11-12-7-5-4-6-8-12/h4-8,13H,2-3,9-11,16H2,1H3,(H,17,23)(H,19,20). The molecule has 2 atom stereocenters. The average molecular weight is 358 g/mol. The zero-order valence-corrected chi connectivity index (χ0v) is 14.8. The van der Waals surface area contributed by atoms with Crippen molar-refractivity contribution < 1.29 is 19.0 Å². The fourth-order valence-corrected chi connectivity index (χ4v) is 3.41. The molecule has 128 valence electrons. The van der Waals surface area contributed by atoms with Gasteiger partial charge in [-0.05, 0) is 12.0 Å². The minimum Gasteiger partial charge on any atom is -0.460 e. The molecule has 23 heavy (non-hydrogen) atoms. The van der Waals surface area contributed by atoms with E-state index in [9.17, 15) is 14.3 Å². The molecule has 0 bridgehead atoms. The van der Waals surface area contributed by atoms with E-state index < -0.39 is 19.1 Å². The van der Waals surface area contributed by atoms with E-state index in [0.717, 1.165) is 18.4 Å². The van der Waals surface area contributed by atoms with Crippen LogP contribution in [0.25, 0.3) is 0 Å². The van der Waals surface area contributed by atoms with Crippen molar-refractivity contribution in [2.45, 2.75) is 38.6 Å². The van der Waals surface area contributed by atoms with E-state index in [4.69, 9.17) is 22.7 Å². The summed E-state index contributed by atoms with van der Waals surface area (Å²) in [5, 5.41) is 2.48. The fraction of sp³-hybridized carbons (Fsp3) is 0.467. The number of thiocarbonyl (C=S) groups is 1. The molecule has 0 aliphatic heterocycles. The number of ether oxygens (including phenoxy) is 1. The smallest absolute Gasteiger partial charge is 0.325 e. The number of benzene rings is 1. The van der Waals surface area contributed by atoms with E-state index in [1.807, 2.05) is 37.3 Å². The lowest BCUT2D eigenvalue weighted by Gasteiger charge is -2.20. The molecule has 0 amide bonds. The predicted octanol–water partition coefficient (Wildman–Crippen LogP) is 2.35. The Hall–Kier alpha value is -1.27. The van der Waals surface area contributed by atoms with Gasteiger partial charge in [0.05, 0.1) is 5.78 Å². The molecular weight excluding hydrogens is 335 g/mol. The molecule has 1 rings (SSSR count). The van der Waals surface area contributed by atoms with Crippen LogP contribution in [0.3, 0.4) is 0 Å². The number of carbonyl (C=O) groups is 1. The molecule has 0 spiro atoms. The van der Waals surface area contributed by atoms with Crippen LogP contribution < -0.4 is 11.1 Å². The molecular formula is C15H23N2O4PS. The average Bonchev–Trinajstić information content (AvgIpc) is 2.56. The van der Waals surface area contributed by atoms with E-state index in [2.05, 4.69) is 5.32 Å². The maximum Gasteiger partial charge on any atom is 0.325 e. The lowest BCUT2D eigenvalue weighted by Crippen LogP contribution is -2.34. The van der Waals surface area contributed by atoms with E-state index in [0.29, 0.717) is 6.42 Å². The first kappa shape index (κ1) is 19.8. The summed E-state index contributed by atoms with van der Waals surface area (Å²) in [5.41, 5.74) is 6.58. The monoisotopic (exact) mass is 358 g/mol. The lowest BCUT2D eigenvalue weighted by atomic mass is 10.2. The van der Waals surface area contributed by atoms with Crippen LogP contribution in [0, 0.1) is 0 Å². The van der Waals surface area contributed by atoms with Crippen molar-refractivity contribution >= 4 is 30.3 Å². The highest BCUT2D eigenvalue weighted by atomic mass is 32.1. The minimum atomic E-state index is -3.85. The number of unbranched alkanes of at least 4 members (excludes halogenated alkanes) is 1. The Morgan fingerprint density at radius 1 is 1.43 bits per heavy atom.